The number of aromatic nitrogens is 1. The highest BCUT2D eigenvalue weighted by Crippen LogP contribution is 2.20. The molecule has 1 aromatic rings. The Morgan fingerprint density at radius 1 is 1.32 bits per heavy atom. The molecule has 1 aliphatic carbocycles. The number of primary amides is 1. The maximum atomic E-state index is 11.3. The maximum absolute atomic E-state index is 11.3. The SMILES string of the molecule is Cc1cc(C(N)=O)cc(NC2CCCCCC2N)n1. The summed E-state index contributed by atoms with van der Waals surface area (Å²) in [6.45, 7) is 1.85. The van der Waals surface area contributed by atoms with Crippen LogP contribution in [0.15, 0.2) is 12.1 Å². The minimum Gasteiger partial charge on any atom is -0.366 e. The van der Waals surface area contributed by atoms with E-state index in [1.165, 1.54) is 19.3 Å². The van der Waals surface area contributed by atoms with E-state index in [1.54, 1.807) is 12.1 Å². The van der Waals surface area contributed by atoms with Gasteiger partial charge in [-0.1, -0.05) is 19.3 Å². The molecule has 2 rings (SSSR count). The van der Waals surface area contributed by atoms with Crippen molar-refractivity contribution in [3.8, 4) is 0 Å². The molecule has 0 aliphatic heterocycles. The number of pyridine rings is 1. The first-order valence-corrected chi connectivity index (χ1v) is 6.87. The van der Waals surface area contributed by atoms with Crippen LogP contribution in [0.5, 0.6) is 0 Å². The van der Waals surface area contributed by atoms with E-state index in [9.17, 15) is 4.79 Å². The number of nitrogens with two attached hydrogens (primary N) is 2. The van der Waals surface area contributed by atoms with Gasteiger partial charge in [0, 0.05) is 23.3 Å². The van der Waals surface area contributed by atoms with Gasteiger partial charge in [-0.2, -0.15) is 0 Å². The van der Waals surface area contributed by atoms with Crippen molar-refractivity contribution in [1.29, 1.82) is 0 Å². The summed E-state index contributed by atoms with van der Waals surface area (Å²) in [6, 6.07) is 3.76. The van der Waals surface area contributed by atoms with Gasteiger partial charge in [-0.15, -0.1) is 0 Å². The molecule has 0 radical (unpaired) electrons. The van der Waals surface area contributed by atoms with Gasteiger partial charge in [-0.3, -0.25) is 4.79 Å². The molecule has 19 heavy (non-hydrogen) atoms. The second kappa shape index (κ2) is 6.02. The van der Waals surface area contributed by atoms with E-state index in [0.717, 1.165) is 18.5 Å². The van der Waals surface area contributed by atoms with E-state index >= 15 is 0 Å². The highest BCUT2D eigenvalue weighted by atomic mass is 16.1. The van der Waals surface area contributed by atoms with Crippen LogP contribution in [-0.2, 0) is 0 Å². The lowest BCUT2D eigenvalue weighted by molar-refractivity contribution is 0.1000. The van der Waals surface area contributed by atoms with Crippen molar-refractivity contribution in [2.75, 3.05) is 5.32 Å². The van der Waals surface area contributed by atoms with Gasteiger partial charge in [-0.25, -0.2) is 4.98 Å². The zero-order valence-corrected chi connectivity index (χ0v) is 11.4. The number of nitrogens with zero attached hydrogens (tertiary/aromatic N) is 1. The molecular weight excluding hydrogens is 240 g/mol. The predicted molar refractivity (Wildman–Crippen MR) is 76.0 cm³/mol. The quantitative estimate of drug-likeness (QED) is 0.720. The molecule has 1 aliphatic rings. The van der Waals surface area contributed by atoms with Crippen LogP contribution in [0.3, 0.4) is 0 Å². The average Bonchev–Trinajstić information content (AvgIpc) is 2.54. The van der Waals surface area contributed by atoms with Crippen LogP contribution in [-0.4, -0.2) is 23.0 Å². The smallest absolute Gasteiger partial charge is 0.248 e. The minimum absolute atomic E-state index is 0.141. The molecule has 5 heteroatoms. The number of amides is 1. The number of hydrogen-bond acceptors (Lipinski definition) is 4. The van der Waals surface area contributed by atoms with E-state index < -0.39 is 5.91 Å². The van der Waals surface area contributed by atoms with E-state index in [1.807, 2.05) is 6.92 Å². The van der Waals surface area contributed by atoms with Crippen molar-refractivity contribution < 1.29 is 4.79 Å². The van der Waals surface area contributed by atoms with Crippen LogP contribution in [0, 0.1) is 6.92 Å². The Kier molecular flexibility index (Phi) is 4.37. The number of carbonyl (C=O) groups excluding carboxylic acids is 1. The van der Waals surface area contributed by atoms with Gasteiger partial charge in [-0.05, 0) is 31.9 Å². The molecule has 1 heterocycles. The van der Waals surface area contributed by atoms with Crippen molar-refractivity contribution in [1.82, 2.24) is 4.98 Å². The Morgan fingerprint density at radius 2 is 2.05 bits per heavy atom. The van der Waals surface area contributed by atoms with E-state index in [0.29, 0.717) is 11.4 Å². The van der Waals surface area contributed by atoms with Crippen LogP contribution in [0.4, 0.5) is 5.82 Å². The lowest BCUT2D eigenvalue weighted by Gasteiger charge is -2.23. The summed E-state index contributed by atoms with van der Waals surface area (Å²) in [6.07, 6.45) is 5.68. The monoisotopic (exact) mass is 262 g/mol. The molecule has 2 unspecified atom stereocenters. The third-order valence-electron chi connectivity index (χ3n) is 3.64. The van der Waals surface area contributed by atoms with Crippen molar-refractivity contribution in [2.45, 2.75) is 51.1 Å². The molecule has 5 nitrogen and oxygen atoms in total. The van der Waals surface area contributed by atoms with Gasteiger partial charge >= 0.3 is 0 Å². The first-order valence-electron chi connectivity index (χ1n) is 6.87. The number of nitrogens with one attached hydrogen (secondary N) is 1. The van der Waals surface area contributed by atoms with E-state index in [4.69, 9.17) is 11.5 Å². The topological polar surface area (TPSA) is 94.0 Å². The van der Waals surface area contributed by atoms with Crippen molar-refractivity contribution in [3.63, 3.8) is 0 Å². The first kappa shape index (κ1) is 13.8. The number of carbonyl (C=O) groups is 1. The summed E-state index contributed by atoms with van der Waals surface area (Å²) in [7, 11) is 0. The van der Waals surface area contributed by atoms with E-state index in [2.05, 4.69) is 10.3 Å². The highest BCUT2D eigenvalue weighted by molar-refractivity contribution is 5.93. The largest absolute Gasteiger partial charge is 0.366 e. The predicted octanol–water partition coefficient (Wildman–Crippen LogP) is 1.56. The van der Waals surface area contributed by atoms with Gasteiger partial charge in [0.1, 0.15) is 5.82 Å². The lowest BCUT2D eigenvalue weighted by atomic mass is 10.0. The van der Waals surface area contributed by atoms with Crippen LogP contribution < -0.4 is 16.8 Å². The van der Waals surface area contributed by atoms with Crippen molar-refractivity contribution >= 4 is 11.7 Å². The van der Waals surface area contributed by atoms with Gasteiger partial charge in [0.15, 0.2) is 0 Å². The summed E-state index contributed by atoms with van der Waals surface area (Å²) in [5.74, 6) is 0.259. The third-order valence-corrected chi connectivity index (χ3v) is 3.64. The zero-order valence-electron chi connectivity index (χ0n) is 11.4. The molecule has 5 N–H and O–H groups in total. The fourth-order valence-corrected chi connectivity index (χ4v) is 2.59. The molecule has 0 saturated heterocycles. The maximum Gasteiger partial charge on any atom is 0.248 e. The van der Waals surface area contributed by atoms with Gasteiger partial charge in [0.05, 0.1) is 0 Å². The number of hydrogen-bond donors (Lipinski definition) is 3. The molecule has 0 bridgehead atoms. The van der Waals surface area contributed by atoms with Crippen LogP contribution >= 0.6 is 0 Å². The Morgan fingerprint density at radius 3 is 2.79 bits per heavy atom. The third kappa shape index (κ3) is 3.67. The second-order valence-corrected chi connectivity index (χ2v) is 5.30. The summed E-state index contributed by atoms with van der Waals surface area (Å²) in [5.41, 5.74) is 12.8. The fourth-order valence-electron chi connectivity index (χ4n) is 2.59. The van der Waals surface area contributed by atoms with E-state index in [-0.39, 0.29) is 12.1 Å². The summed E-state index contributed by atoms with van der Waals surface area (Å²) >= 11 is 0. The van der Waals surface area contributed by atoms with Crippen LogP contribution in [0.2, 0.25) is 0 Å². The van der Waals surface area contributed by atoms with Crippen LogP contribution in [0.1, 0.15) is 48.2 Å². The summed E-state index contributed by atoms with van der Waals surface area (Å²) in [5, 5.41) is 3.36. The molecule has 1 fully saturated rings. The van der Waals surface area contributed by atoms with Gasteiger partial charge in [0.25, 0.3) is 0 Å². The Balaban J connectivity index is 2.15. The molecule has 0 spiro atoms. The Hall–Kier alpha value is -1.62. The summed E-state index contributed by atoms with van der Waals surface area (Å²) in [4.78, 5) is 15.7. The van der Waals surface area contributed by atoms with Crippen LogP contribution in [0.25, 0.3) is 0 Å². The fraction of sp³-hybridized carbons (Fsp3) is 0.571. The number of aryl methyl sites for hydroxylation is 1. The highest BCUT2D eigenvalue weighted by Gasteiger charge is 2.20. The molecule has 2 atom stereocenters. The molecule has 1 aromatic heterocycles. The molecule has 1 saturated carbocycles. The van der Waals surface area contributed by atoms with Gasteiger partial charge < -0.3 is 16.8 Å². The number of rotatable bonds is 3. The molecule has 1 amide bonds. The lowest BCUT2D eigenvalue weighted by Crippen LogP contribution is -2.39. The molecular formula is C14H22N4O. The summed E-state index contributed by atoms with van der Waals surface area (Å²) < 4.78 is 0. The molecule has 104 valence electrons. The normalized spacial score (nSPS) is 23.7. The Bertz CT molecular complexity index is 461. The number of anilines is 1. The average molecular weight is 262 g/mol. The Labute approximate surface area is 113 Å². The molecule has 0 aromatic carbocycles. The van der Waals surface area contributed by atoms with Crippen molar-refractivity contribution in [3.05, 3.63) is 23.4 Å². The van der Waals surface area contributed by atoms with Crippen molar-refractivity contribution in [2.24, 2.45) is 11.5 Å². The van der Waals surface area contributed by atoms with Gasteiger partial charge in [0.2, 0.25) is 5.91 Å². The standard InChI is InChI=1S/C14H22N4O/c1-9-7-10(14(16)19)8-13(17-9)18-12-6-4-2-3-5-11(12)15/h7-8,11-12H,2-6,15H2,1H3,(H2,16,19)(H,17,18). The second-order valence-electron chi connectivity index (χ2n) is 5.30. The first-order chi connectivity index (χ1) is 9.06. The zero-order chi connectivity index (χ0) is 13.8. The minimum atomic E-state index is -0.432.